The van der Waals surface area contributed by atoms with Crippen LogP contribution in [0.15, 0.2) is 134 Å². The molecule has 0 bridgehead atoms. The lowest BCUT2D eigenvalue weighted by molar-refractivity contribution is -0.678. The Morgan fingerprint density at radius 1 is 0.741 bits per heavy atom. The predicted octanol–water partition coefficient (Wildman–Crippen LogP) is 9.06. The maximum absolute atomic E-state index is 13.3. The number of quaternary nitrogens is 1. The van der Waals surface area contributed by atoms with Crippen molar-refractivity contribution in [2.75, 3.05) is 12.3 Å². The lowest BCUT2D eigenvalue weighted by Crippen LogP contribution is -2.54. The summed E-state index contributed by atoms with van der Waals surface area (Å²) in [6, 6.07) is 32.8. The highest BCUT2D eigenvalue weighted by Crippen LogP contribution is 2.54. The van der Waals surface area contributed by atoms with Crippen molar-refractivity contribution in [3.05, 3.63) is 132 Å². The van der Waals surface area contributed by atoms with Gasteiger partial charge in [0, 0.05) is 52.9 Å². The van der Waals surface area contributed by atoms with Crippen molar-refractivity contribution in [2.24, 2.45) is 0 Å². The average molecular weight is 819 g/mol. The lowest BCUT2D eigenvalue weighted by Gasteiger charge is -2.32. The number of ether oxygens (including phenoxy) is 1. The molecule has 2 atom stereocenters. The second kappa shape index (κ2) is 13.7. The van der Waals surface area contributed by atoms with Gasteiger partial charge in [0.05, 0.1) is 24.4 Å². The number of aromatic nitrogens is 1. The summed E-state index contributed by atoms with van der Waals surface area (Å²) < 4.78 is 97.5. The summed E-state index contributed by atoms with van der Waals surface area (Å²) >= 11 is 0. The molecule has 0 amide bonds. The molecule has 0 radical (unpaired) electrons. The first-order chi connectivity index (χ1) is 27.9. The Hall–Kier alpha value is -5.77. The maximum Gasteiger partial charge on any atom is 0.374 e. The Labute approximate surface area is 332 Å². The molecule has 1 fully saturated rings. The van der Waals surface area contributed by atoms with Gasteiger partial charge in [-0.1, -0.05) is 66.7 Å². The zero-order chi connectivity index (χ0) is 39.8. The number of fused-ring (bicyclic) bond motifs is 9. The molecule has 0 aliphatic carbocycles. The highest BCUT2D eigenvalue weighted by Gasteiger charge is 2.59. The summed E-state index contributed by atoms with van der Waals surface area (Å²) in [5.41, 5.74) is 6.28. The number of benzene rings is 5. The minimum absolute atomic E-state index is 0.219. The molecule has 12 nitrogen and oxygen atoms in total. The number of para-hydroxylation sites is 2. The summed E-state index contributed by atoms with van der Waals surface area (Å²) in [6.45, 7) is 0.716. The second-order valence-electron chi connectivity index (χ2n) is 15.1. The molecule has 3 aromatic heterocycles. The Balaban J connectivity index is 1.16. The molecule has 14 heteroatoms. The summed E-state index contributed by atoms with van der Waals surface area (Å²) in [4.78, 5) is 0. The van der Waals surface area contributed by atoms with E-state index in [1.807, 2.05) is 120 Å². The Morgan fingerprint density at radius 3 is 2.12 bits per heavy atom. The fourth-order valence-electron chi connectivity index (χ4n) is 8.88. The van der Waals surface area contributed by atoms with Gasteiger partial charge in [0.2, 0.25) is 11.0 Å². The molecule has 2 aliphatic heterocycles. The van der Waals surface area contributed by atoms with Crippen LogP contribution in [0.2, 0.25) is 0 Å². The van der Waals surface area contributed by atoms with Gasteiger partial charge in [0.15, 0.2) is 18.0 Å². The normalized spacial score (nSPS) is 19.4. The van der Waals surface area contributed by atoms with E-state index in [1.165, 1.54) is 0 Å². The van der Waals surface area contributed by atoms with E-state index >= 15 is 0 Å². The molecule has 2 aliphatic rings. The van der Waals surface area contributed by atoms with E-state index in [0.29, 0.717) is 77.9 Å². The van der Waals surface area contributed by atoms with Gasteiger partial charge in [-0.2, -0.15) is 21.4 Å². The van der Waals surface area contributed by atoms with Crippen molar-refractivity contribution in [3.63, 3.8) is 0 Å². The Kier molecular flexibility index (Phi) is 8.62. The molecule has 5 heterocycles. The molecular formula is C44H38N2O10S2+2. The van der Waals surface area contributed by atoms with Crippen molar-refractivity contribution in [1.29, 1.82) is 0 Å². The fraction of sp³-hybridized carbons (Fsp3) is 0.205. The molecule has 58 heavy (non-hydrogen) atoms. The SMILES string of the molecule is O=S(=O)(O)CCCC[n+]1c(C=C(C=C2Oc3cc4c(cc3[N+]23CCCC3S(=O)(=O)O)oc2ccccc24)Cc2ccccc2)oc2cc3c(cc21)oc1ccccc13. The number of allylic oxidation sites excluding steroid dienone is 2. The minimum Gasteiger partial charge on any atom is -0.456 e. The molecule has 2 N–H and O–H groups in total. The maximum atomic E-state index is 13.3. The molecule has 2 unspecified atom stereocenters. The van der Waals surface area contributed by atoms with Gasteiger partial charge in [0.1, 0.15) is 22.3 Å². The van der Waals surface area contributed by atoms with Gasteiger partial charge in [-0.25, -0.2) is 4.48 Å². The number of aryl methyl sites for hydroxylation is 1. The van der Waals surface area contributed by atoms with Gasteiger partial charge >= 0.3 is 21.9 Å². The molecule has 5 aromatic carbocycles. The van der Waals surface area contributed by atoms with Gasteiger partial charge in [-0.3, -0.25) is 9.11 Å². The van der Waals surface area contributed by atoms with Crippen molar-refractivity contribution >= 4 is 87.0 Å². The smallest absolute Gasteiger partial charge is 0.374 e. The summed E-state index contributed by atoms with van der Waals surface area (Å²) in [7, 11) is -8.72. The van der Waals surface area contributed by atoms with Crippen LogP contribution in [0.25, 0.3) is 61.1 Å². The quantitative estimate of drug-likeness (QED) is 0.0590. The molecular weight excluding hydrogens is 781 g/mol. The van der Waals surface area contributed by atoms with Crippen LogP contribution in [0, 0.1) is 0 Å². The number of rotatable bonds is 10. The van der Waals surface area contributed by atoms with E-state index < -0.39 is 25.6 Å². The van der Waals surface area contributed by atoms with Crippen LogP contribution in [0.1, 0.15) is 37.1 Å². The van der Waals surface area contributed by atoms with E-state index in [4.69, 9.17) is 18.0 Å². The van der Waals surface area contributed by atoms with Crippen molar-refractivity contribution in [2.45, 2.75) is 44.0 Å². The van der Waals surface area contributed by atoms with Crippen molar-refractivity contribution < 1.29 is 48.5 Å². The largest absolute Gasteiger partial charge is 0.456 e. The first kappa shape index (κ1) is 36.6. The Morgan fingerprint density at radius 2 is 1.41 bits per heavy atom. The first-order valence-electron chi connectivity index (χ1n) is 19.1. The third-order valence-electron chi connectivity index (χ3n) is 11.4. The number of oxazole rings is 1. The van der Waals surface area contributed by atoms with Crippen LogP contribution in [0.5, 0.6) is 5.75 Å². The van der Waals surface area contributed by atoms with Gasteiger partial charge in [0.25, 0.3) is 15.6 Å². The Bertz CT molecular complexity index is 3230. The summed E-state index contributed by atoms with van der Waals surface area (Å²) in [5.74, 6) is 0.905. The number of nitrogens with zero attached hydrogens (tertiary/aromatic N) is 2. The molecule has 0 saturated carbocycles. The monoisotopic (exact) mass is 818 g/mol. The van der Waals surface area contributed by atoms with Gasteiger partial charge < -0.3 is 18.0 Å². The van der Waals surface area contributed by atoms with E-state index in [1.54, 1.807) is 0 Å². The summed E-state index contributed by atoms with van der Waals surface area (Å²) in [5, 5.41) is 2.32. The minimum atomic E-state index is -4.57. The third kappa shape index (κ3) is 6.28. The number of hydrogen-bond donors (Lipinski definition) is 2. The van der Waals surface area contributed by atoms with Gasteiger partial charge in [-0.05, 0) is 48.2 Å². The highest BCUT2D eigenvalue weighted by atomic mass is 32.2. The summed E-state index contributed by atoms with van der Waals surface area (Å²) in [6.07, 6.45) is 5.52. The first-order valence-corrected chi connectivity index (χ1v) is 22.2. The third-order valence-corrected chi connectivity index (χ3v) is 13.5. The number of hydrogen-bond acceptors (Lipinski definition) is 8. The zero-order valence-corrected chi connectivity index (χ0v) is 32.7. The van der Waals surface area contributed by atoms with E-state index in [-0.39, 0.29) is 23.1 Å². The standard InChI is InChI=1S/C44H36N2O10S2/c47-57(48,49)20-9-8-18-45-34-26-38-32(30-13-4-6-15-36(30)53-38)24-40(34)55-42(45)22-29(21-28-11-2-1-3-12-28)23-43-46(19-10-17-44(46)58(50,51)52)35-27-39-33(25-41(35)56-43)31-14-5-7-16-37(31)54-39/h1-7,11-16,22-27,44H,8-10,17-21H2/p+2. The topological polar surface area (TPSA) is 161 Å². The van der Waals surface area contributed by atoms with E-state index in [2.05, 4.69) is 0 Å². The second-order valence-corrected chi connectivity index (χ2v) is 18.2. The van der Waals surface area contributed by atoms with Crippen molar-refractivity contribution in [3.8, 4) is 5.75 Å². The lowest BCUT2D eigenvalue weighted by atomic mass is 10.0. The molecule has 1 saturated heterocycles. The van der Waals surface area contributed by atoms with Gasteiger partial charge in [-0.15, -0.1) is 0 Å². The highest BCUT2D eigenvalue weighted by molar-refractivity contribution is 7.86. The van der Waals surface area contributed by atoms with Crippen molar-refractivity contribution in [1.82, 2.24) is 4.48 Å². The van der Waals surface area contributed by atoms with Crippen LogP contribution in [-0.4, -0.2) is 43.6 Å². The molecule has 10 rings (SSSR count). The molecule has 294 valence electrons. The number of furan rings is 2. The molecule has 1 spiro atoms. The molecule has 8 aromatic rings. The van der Waals surface area contributed by atoms with E-state index in [9.17, 15) is 25.9 Å². The van der Waals surface area contributed by atoms with Crippen LogP contribution < -0.4 is 13.8 Å². The van der Waals surface area contributed by atoms with Crippen LogP contribution in [-0.2, 0) is 33.2 Å². The fourth-order valence-corrected chi connectivity index (χ4v) is 10.7. The zero-order valence-electron chi connectivity index (χ0n) is 31.1. The van der Waals surface area contributed by atoms with Crippen LogP contribution in [0.4, 0.5) is 5.69 Å². The van der Waals surface area contributed by atoms with E-state index in [0.717, 1.165) is 43.8 Å². The average Bonchev–Trinajstić information content (AvgIpc) is 4.00. The number of unbranched alkanes of at least 4 members (excludes halogenated alkanes) is 1. The van der Waals surface area contributed by atoms with Crippen LogP contribution >= 0.6 is 0 Å². The predicted molar refractivity (Wildman–Crippen MR) is 221 cm³/mol. The van der Waals surface area contributed by atoms with Crippen LogP contribution in [0.3, 0.4) is 0 Å².